The Morgan fingerprint density at radius 3 is 2.57 bits per heavy atom. The molecule has 1 aliphatic heterocycles. The molecule has 4 atom stereocenters. The Morgan fingerprint density at radius 1 is 1.18 bits per heavy atom. The number of carbonyl (C=O) groups is 2. The summed E-state index contributed by atoms with van der Waals surface area (Å²) in [7, 11) is 1.41. The van der Waals surface area contributed by atoms with Crippen LogP contribution in [0, 0.1) is 11.8 Å². The molecule has 0 bridgehead atoms. The van der Waals surface area contributed by atoms with Crippen molar-refractivity contribution < 1.29 is 14.3 Å². The number of methoxy groups -OCH3 is 1. The smallest absolute Gasteiger partial charge is 0.354 e. The van der Waals surface area contributed by atoms with E-state index in [0.29, 0.717) is 23.6 Å². The van der Waals surface area contributed by atoms with E-state index in [0.717, 1.165) is 32.4 Å². The summed E-state index contributed by atoms with van der Waals surface area (Å²) in [5.74, 6) is 1.08. The number of esters is 1. The number of likely N-dealkylation sites (tertiary alicyclic amines) is 1. The van der Waals surface area contributed by atoms with Gasteiger partial charge in [-0.15, -0.1) is 0 Å². The molecular weight excluding hydrogens is 354 g/mol. The van der Waals surface area contributed by atoms with Gasteiger partial charge in [-0.3, -0.25) is 9.69 Å². The van der Waals surface area contributed by atoms with Gasteiger partial charge in [-0.2, -0.15) is 0 Å². The fraction of sp³-hybridized carbons (Fsp3) is 0.727. The molecule has 0 radical (unpaired) electrons. The number of ether oxygens (including phenoxy) is 1. The van der Waals surface area contributed by atoms with Gasteiger partial charge in [0.25, 0.3) is 0 Å². The lowest BCUT2D eigenvalue weighted by atomic mass is 9.78. The summed E-state index contributed by atoms with van der Waals surface area (Å²) >= 11 is 0. The first-order valence-corrected chi connectivity index (χ1v) is 10.7. The van der Waals surface area contributed by atoms with E-state index in [-0.39, 0.29) is 24.0 Å². The van der Waals surface area contributed by atoms with Crippen molar-refractivity contribution in [3.8, 4) is 0 Å². The summed E-state index contributed by atoms with van der Waals surface area (Å²) in [6.45, 7) is 8.29. The SMILES string of the molecule is COC(=O)c1cccn1C1CCN([C@H](C)C(=O)N[C@@H]2CCC[C@@H](C)[C@@H]2C)CC1. The summed E-state index contributed by atoms with van der Waals surface area (Å²) < 4.78 is 6.91. The Hall–Kier alpha value is -1.82. The van der Waals surface area contributed by atoms with Crippen molar-refractivity contribution in [2.24, 2.45) is 11.8 Å². The van der Waals surface area contributed by atoms with Crippen molar-refractivity contribution in [3.05, 3.63) is 24.0 Å². The number of amides is 1. The average molecular weight is 390 g/mol. The molecular formula is C22H35N3O3. The highest BCUT2D eigenvalue weighted by Gasteiger charge is 2.32. The molecule has 6 nitrogen and oxygen atoms in total. The van der Waals surface area contributed by atoms with Crippen molar-refractivity contribution in [3.63, 3.8) is 0 Å². The van der Waals surface area contributed by atoms with Crippen LogP contribution in [0.3, 0.4) is 0 Å². The first kappa shape index (κ1) is 20.9. The van der Waals surface area contributed by atoms with E-state index in [9.17, 15) is 9.59 Å². The number of hydrogen-bond acceptors (Lipinski definition) is 4. The first-order valence-electron chi connectivity index (χ1n) is 10.7. The van der Waals surface area contributed by atoms with Crippen molar-refractivity contribution in [1.29, 1.82) is 0 Å². The normalized spacial score (nSPS) is 27.9. The summed E-state index contributed by atoms with van der Waals surface area (Å²) in [5, 5.41) is 3.32. The van der Waals surface area contributed by atoms with Gasteiger partial charge in [-0.25, -0.2) is 4.79 Å². The van der Waals surface area contributed by atoms with Gasteiger partial charge in [0.15, 0.2) is 0 Å². The highest BCUT2D eigenvalue weighted by Crippen LogP contribution is 2.30. The number of hydrogen-bond donors (Lipinski definition) is 1. The predicted octanol–water partition coefficient (Wildman–Crippen LogP) is 3.24. The van der Waals surface area contributed by atoms with E-state index in [2.05, 4.69) is 24.1 Å². The summed E-state index contributed by atoms with van der Waals surface area (Å²) in [6, 6.07) is 4.16. The second-order valence-electron chi connectivity index (χ2n) is 8.62. The van der Waals surface area contributed by atoms with Crippen LogP contribution in [0.2, 0.25) is 0 Å². The standard InChI is InChI=1S/C22H35N3O3/c1-15-7-5-8-19(16(15)2)23-21(26)17(3)24-13-10-18(11-14-24)25-12-6-9-20(25)22(27)28-4/h6,9,12,15-19H,5,7-8,10-11,13-14H2,1-4H3,(H,23,26)/t15-,16+,17-,19-/m1/s1. The van der Waals surface area contributed by atoms with Crippen molar-refractivity contribution >= 4 is 11.9 Å². The third kappa shape index (κ3) is 4.43. The van der Waals surface area contributed by atoms with Gasteiger partial charge in [-0.05, 0) is 50.2 Å². The van der Waals surface area contributed by atoms with Gasteiger partial charge in [-0.1, -0.05) is 26.7 Å². The van der Waals surface area contributed by atoms with E-state index in [1.165, 1.54) is 20.0 Å². The van der Waals surface area contributed by atoms with Crippen LogP contribution in [-0.2, 0) is 9.53 Å². The van der Waals surface area contributed by atoms with Gasteiger partial charge >= 0.3 is 5.97 Å². The number of nitrogens with one attached hydrogen (secondary N) is 1. The third-order valence-corrected chi connectivity index (χ3v) is 7.03. The fourth-order valence-corrected chi connectivity index (χ4v) is 4.80. The van der Waals surface area contributed by atoms with E-state index in [1.807, 2.05) is 23.8 Å². The lowest BCUT2D eigenvalue weighted by molar-refractivity contribution is -0.127. The average Bonchev–Trinajstić information content (AvgIpc) is 3.20. The lowest BCUT2D eigenvalue weighted by Gasteiger charge is -2.39. The molecule has 2 heterocycles. The van der Waals surface area contributed by atoms with Crippen LogP contribution in [0.5, 0.6) is 0 Å². The zero-order valence-electron chi connectivity index (χ0n) is 17.7. The Balaban J connectivity index is 1.54. The molecule has 2 aliphatic rings. The van der Waals surface area contributed by atoms with Crippen molar-refractivity contribution in [1.82, 2.24) is 14.8 Å². The van der Waals surface area contributed by atoms with E-state index >= 15 is 0 Å². The fourth-order valence-electron chi connectivity index (χ4n) is 4.80. The van der Waals surface area contributed by atoms with Crippen LogP contribution in [0.1, 0.15) is 69.4 Å². The Morgan fingerprint density at radius 2 is 1.89 bits per heavy atom. The Kier molecular flexibility index (Phi) is 6.81. The lowest BCUT2D eigenvalue weighted by Crippen LogP contribution is -2.53. The zero-order chi connectivity index (χ0) is 20.3. The number of nitrogens with zero attached hydrogens (tertiary/aromatic N) is 2. The molecule has 1 saturated carbocycles. The third-order valence-electron chi connectivity index (χ3n) is 7.03. The quantitative estimate of drug-likeness (QED) is 0.786. The molecule has 28 heavy (non-hydrogen) atoms. The number of aromatic nitrogens is 1. The highest BCUT2D eigenvalue weighted by atomic mass is 16.5. The minimum atomic E-state index is -0.295. The molecule has 0 spiro atoms. The second-order valence-corrected chi connectivity index (χ2v) is 8.62. The predicted molar refractivity (Wildman–Crippen MR) is 109 cm³/mol. The van der Waals surface area contributed by atoms with Gasteiger partial charge in [0.05, 0.1) is 13.2 Å². The summed E-state index contributed by atoms with van der Waals surface area (Å²) in [4.78, 5) is 27.0. The largest absolute Gasteiger partial charge is 0.464 e. The Labute approximate surface area is 168 Å². The molecule has 3 rings (SSSR count). The number of piperidine rings is 1. The van der Waals surface area contributed by atoms with Crippen LogP contribution in [-0.4, -0.2) is 53.6 Å². The first-order chi connectivity index (χ1) is 13.4. The minimum Gasteiger partial charge on any atom is -0.464 e. The van der Waals surface area contributed by atoms with Crippen LogP contribution in [0.25, 0.3) is 0 Å². The van der Waals surface area contributed by atoms with E-state index in [1.54, 1.807) is 6.07 Å². The molecule has 156 valence electrons. The summed E-state index contributed by atoms with van der Waals surface area (Å²) in [5.41, 5.74) is 0.604. The molecule has 2 fully saturated rings. The molecule has 1 amide bonds. The molecule has 1 aromatic rings. The maximum atomic E-state index is 12.8. The topological polar surface area (TPSA) is 63.6 Å². The van der Waals surface area contributed by atoms with Gasteiger partial charge < -0.3 is 14.6 Å². The van der Waals surface area contributed by atoms with Gasteiger partial charge in [0.2, 0.25) is 5.91 Å². The van der Waals surface area contributed by atoms with Crippen LogP contribution >= 0.6 is 0 Å². The monoisotopic (exact) mass is 389 g/mol. The van der Waals surface area contributed by atoms with Crippen molar-refractivity contribution in [2.75, 3.05) is 20.2 Å². The molecule has 0 aromatic carbocycles. The number of carbonyl (C=O) groups excluding carboxylic acids is 2. The van der Waals surface area contributed by atoms with Crippen molar-refractivity contribution in [2.45, 2.75) is 71.0 Å². The van der Waals surface area contributed by atoms with Crippen LogP contribution in [0.15, 0.2) is 18.3 Å². The maximum absolute atomic E-state index is 12.8. The van der Waals surface area contributed by atoms with Gasteiger partial charge in [0, 0.05) is 31.4 Å². The Bertz CT molecular complexity index is 678. The highest BCUT2D eigenvalue weighted by molar-refractivity contribution is 5.87. The second kappa shape index (κ2) is 9.12. The molecule has 1 saturated heterocycles. The minimum absolute atomic E-state index is 0.116. The molecule has 1 aliphatic carbocycles. The molecule has 6 heteroatoms. The number of rotatable bonds is 5. The molecule has 0 unspecified atom stereocenters. The molecule has 1 aromatic heterocycles. The summed E-state index contributed by atoms with van der Waals surface area (Å²) in [6.07, 6.45) is 7.36. The van der Waals surface area contributed by atoms with Gasteiger partial charge in [0.1, 0.15) is 5.69 Å². The maximum Gasteiger partial charge on any atom is 0.354 e. The molecule has 1 N–H and O–H groups in total. The zero-order valence-corrected chi connectivity index (χ0v) is 17.7. The van der Waals surface area contributed by atoms with Crippen LogP contribution < -0.4 is 5.32 Å². The van der Waals surface area contributed by atoms with E-state index < -0.39 is 0 Å². The van der Waals surface area contributed by atoms with E-state index in [4.69, 9.17) is 4.74 Å². The van der Waals surface area contributed by atoms with Crippen LogP contribution in [0.4, 0.5) is 0 Å².